The van der Waals surface area contributed by atoms with Crippen LogP contribution in [0.4, 0.5) is 17.7 Å². The standard InChI is InChI=1S/C5H4F4O2/c6-5(7,8)4(1-2-4)3(10)11-9/h1-2H2. The quantitative estimate of drug-likeness (QED) is 0.563. The Hall–Kier alpha value is -0.810. The van der Waals surface area contributed by atoms with Gasteiger partial charge in [0, 0.05) is 4.53 Å². The maximum Gasteiger partial charge on any atom is 0.405 e. The SMILES string of the molecule is O=C(OF)C1(C(F)(F)F)CC1. The number of hydrogen-bond acceptors (Lipinski definition) is 2. The van der Waals surface area contributed by atoms with Crippen molar-refractivity contribution >= 4 is 5.97 Å². The van der Waals surface area contributed by atoms with E-state index in [1.165, 1.54) is 0 Å². The monoisotopic (exact) mass is 172 g/mol. The predicted molar refractivity (Wildman–Crippen MR) is 24.9 cm³/mol. The van der Waals surface area contributed by atoms with Crippen molar-refractivity contribution in [2.24, 2.45) is 5.41 Å². The van der Waals surface area contributed by atoms with E-state index in [0.29, 0.717) is 0 Å². The topological polar surface area (TPSA) is 26.3 Å². The molecule has 0 unspecified atom stereocenters. The normalized spacial score (nSPS) is 21.1. The lowest BCUT2D eigenvalue weighted by molar-refractivity contribution is -0.231. The molecule has 1 aliphatic rings. The average molecular weight is 172 g/mol. The molecule has 0 aromatic carbocycles. The molecule has 2 nitrogen and oxygen atoms in total. The maximum atomic E-state index is 11.9. The number of carbonyl (C=O) groups is 1. The van der Waals surface area contributed by atoms with Crippen LogP contribution in [0.1, 0.15) is 12.8 Å². The smallest absolute Gasteiger partial charge is 0.254 e. The summed E-state index contributed by atoms with van der Waals surface area (Å²) in [5.41, 5.74) is -2.54. The van der Waals surface area contributed by atoms with Crippen LogP contribution in [-0.2, 0) is 9.74 Å². The Morgan fingerprint density at radius 2 is 1.82 bits per heavy atom. The van der Waals surface area contributed by atoms with E-state index in [1.807, 2.05) is 0 Å². The minimum absolute atomic E-state index is 0.376. The van der Waals surface area contributed by atoms with Gasteiger partial charge in [-0.15, -0.1) is 0 Å². The first-order chi connectivity index (χ1) is 4.94. The molecule has 1 rings (SSSR count). The summed E-state index contributed by atoms with van der Waals surface area (Å²) in [6.07, 6.45) is -5.44. The fraction of sp³-hybridized carbons (Fsp3) is 0.800. The summed E-state index contributed by atoms with van der Waals surface area (Å²) in [7, 11) is 0. The van der Waals surface area contributed by atoms with Gasteiger partial charge in [0.2, 0.25) is 0 Å². The molecule has 0 heterocycles. The van der Waals surface area contributed by atoms with Gasteiger partial charge in [-0.1, -0.05) is 0 Å². The average Bonchev–Trinajstić information content (AvgIpc) is 2.63. The summed E-state index contributed by atoms with van der Waals surface area (Å²) in [5.74, 6) is -1.83. The predicted octanol–water partition coefficient (Wildman–Crippen LogP) is 1.76. The highest BCUT2D eigenvalue weighted by Gasteiger charge is 2.70. The van der Waals surface area contributed by atoms with Crippen LogP contribution in [0.2, 0.25) is 0 Å². The van der Waals surface area contributed by atoms with E-state index in [4.69, 9.17) is 0 Å². The van der Waals surface area contributed by atoms with Gasteiger partial charge in [0.25, 0.3) is 0 Å². The summed E-state index contributed by atoms with van der Waals surface area (Å²) in [5, 5.41) is 0. The lowest BCUT2D eigenvalue weighted by atomic mass is 10.1. The maximum absolute atomic E-state index is 11.9. The molecule has 0 atom stereocenters. The van der Waals surface area contributed by atoms with Crippen molar-refractivity contribution < 1.29 is 27.4 Å². The zero-order valence-corrected chi connectivity index (χ0v) is 5.24. The Bertz CT molecular complexity index is 181. The Morgan fingerprint density at radius 3 is 1.91 bits per heavy atom. The summed E-state index contributed by atoms with van der Waals surface area (Å²) < 4.78 is 46.7. The van der Waals surface area contributed by atoms with Crippen LogP contribution in [0, 0.1) is 5.41 Å². The molecular weight excluding hydrogens is 168 g/mol. The van der Waals surface area contributed by atoms with Crippen molar-refractivity contribution in [2.45, 2.75) is 19.0 Å². The van der Waals surface area contributed by atoms with Crippen molar-refractivity contribution in [3.63, 3.8) is 0 Å². The zero-order chi connectivity index (χ0) is 8.70. The molecule has 0 radical (unpaired) electrons. The Morgan fingerprint density at radius 1 is 1.36 bits per heavy atom. The number of carbonyl (C=O) groups excluding carboxylic acids is 1. The molecule has 0 saturated heterocycles. The van der Waals surface area contributed by atoms with Crippen LogP contribution in [-0.4, -0.2) is 12.1 Å². The van der Waals surface area contributed by atoms with Crippen LogP contribution in [0.5, 0.6) is 0 Å². The van der Waals surface area contributed by atoms with Crippen LogP contribution in [0.15, 0.2) is 0 Å². The molecule has 0 aliphatic heterocycles. The lowest BCUT2D eigenvalue weighted by Gasteiger charge is -2.13. The van der Waals surface area contributed by atoms with Crippen molar-refractivity contribution in [1.29, 1.82) is 0 Å². The second-order valence-corrected chi connectivity index (χ2v) is 2.44. The molecule has 0 aromatic rings. The van der Waals surface area contributed by atoms with Gasteiger partial charge in [0.1, 0.15) is 0 Å². The van der Waals surface area contributed by atoms with Gasteiger partial charge in [-0.3, -0.25) is 4.94 Å². The third kappa shape index (κ3) is 1.06. The molecule has 0 amide bonds. The van der Waals surface area contributed by atoms with Crippen molar-refractivity contribution in [3.8, 4) is 0 Å². The molecule has 11 heavy (non-hydrogen) atoms. The molecule has 0 N–H and O–H groups in total. The molecule has 0 bridgehead atoms. The molecule has 1 aliphatic carbocycles. The first-order valence-corrected chi connectivity index (χ1v) is 2.84. The number of alkyl halides is 3. The van der Waals surface area contributed by atoms with Crippen molar-refractivity contribution in [3.05, 3.63) is 0 Å². The second-order valence-electron chi connectivity index (χ2n) is 2.44. The van der Waals surface area contributed by atoms with Gasteiger partial charge in [-0.25, -0.2) is 4.79 Å². The fourth-order valence-electron chi connectivity index (χ4n) is 0.802. The summed E-state index contributed by atoms with van der Waals surface area (Å²) >= 11 is 0. The van der Waals surface area contributed by atoms with Crippen LogP contribution in [0.3, 0.4) is 0 Å². The third-order valence-corrected chi connectivity index (χ3v) is 1.75. The molecule has 64 valence electrons. The fourth-order valence-corrected chi connectivity index (χ4v) is 0.802. The van der Waals surface area contributed by atoms with Gasteiger partial charge >= 0.3 is 12.1 Å². The van der Waals surface area contributed by atoms with Crippen LogP contribution >= 0.6 is 0 Å². The Labute approximate surface area is 59.0 Å². The molecule has 6 heteroatoms. The van der Waals surface area contributed by atoms with Crippen molar-refractivity contribution in [1.82, 2.24) is 0 Å². The van der Waals surface area contributed by atoms with E-state index in [9.17, 15) is 22.5 Å². The first-order valence-electron chi connectivity index (χ1n) is 2.84. The minimum atomic E-state index is -4.68. The van der Waals surface area contributed by atoms with Crippen LogP contribution < -0.4 is 0 Å². The first kappa shape index (κ1) is 8.29. The molecule has 1 saturated carbocycles. The van der Waals surface area contributed by atoms with E-state index in [1.54, 1.807) is 0 Å². The summed E-state index contributed by atoms with van der Waals surface area (Å²) in [4.78, 5) is 12.8. The highest BCUT2D eigenvalue weighted by atomic mass is 19.4. The van der Waals surface area contributed by atoms with Gasteiger partial charge in [-0.05, 0) is 12.8 Å². The third-order valence-electron chi connectivity index (χ3n) is 1.75. The largest absolute Gasteiger partial charge is 0.405 e. The number of hydrogen-bond donors (Lipinski definition) is 0. The van der Waals surface area contributed by atoms with Crippen molar-refractivity contribution in [2.75, 3.05) is 0 Å². The minimum Gasteiger partial charge on any atom is -0.254 e. The number of rotatable bonds is 1. The van der Waals surface area contributed by atoms with Crippen LogP contribution in [0.25, 0.3) is 0 Å². The molecule has 1 fully saturated rings. The molecular formula is C5H4F4O2. The van der Waals surface area contributed by atoms with E-state index >= 15 is 0 Å². The van der Waals surface area contributed by atoms with Gasteiger partial charge in [-0.2, -0.15) is 13.2 Å². The van der Waals surface area contributed by atoms with E-state index in [0.717, 1.165) is 0 Å². The highest BCUT2D eigenvalue weighted by molar-refractivity contribution is 5.80. The Balaban J connectivity index is 2.76. The Kier molecular flexibility index (Phi) is 1.57. The lowest BCUT2D eigenvalue weighted by Crippen LogP contribution is -2.32. The van der Waals surface area contributed by atoms with E-state index in [2.05, 4.69) is 4.94 Å². The molecule has 0 spiro atoms. The van der Waals surface area contributed by atoms with E-state index < -0.39 is 17.6 Å². The van der Waals surface area contributed by atoms with E-state index in [-0.39, 0.29) is 12.8 Å². The number of halogens is 4. The van der Waals surface area contributed by atoms with Gasteiger partial charge in [0.15, 0.2) is 5.41 Å². The summed E-state index contributed by atoms with van der Waals surface area (Å²) in [6.45, 7) is 0. The highest BCUT2D eigenvalue weighted by Crippen LogP contribution is 2.58. The zero-order valence-electron chi connectivity index (χ0n) is 5.24. The second kappa shape index (κ2) is 2.09. The molecule has 0 aromatic heterocycles. The summed E-state index contributed by atoms with van der Waals surface area (Å²) in [6, 6.07) is 0. The van der Waals surface area contributed by atoms with Gasteiger partial charge < -0.3 is 0 Å². The van der Waals surface area contributed by atoms with Gasteiger partial charge in [0.05, 0.1) is 0 Å².